The van der Waals surface area contributed by atoms with Crippen LogP contribution in [0.2, 0.25) is 0 Å². The largest absolute Gasteiger partial charge is 0.382 e. The van der Waals surface area contributed by atoms with Gasteiger partial charge in [0.25, 0.3) is 5.91 Å². The summed E-state index contributed by atoms with van der Waals surface area (Å²) >= 11 is 1.43. The van der Waals surface area contributed by atoms with Crippen LogP contribution in [0.15, 0.2) is 30.6 Å². The van der Waals surface area contributed by atoms with E-state index in [1.165, 1.54) is 22.5 Å². The number of nitrogens with one attached hydrogen (secondary N) is 2. The van der Waals surface area contributed by atoms with E-state index in [0.717, 1.165) is 47.3 Å². The molecule has 6 nitrogen and oxygen atoms in total. The maximum absolute atomic E-state index is 12.7. The summed E-state index contributed by atoms with van der Waals surface area (Å²) in [6.45, 7) is 5.91. The normalized spacial score (nSPS) is 15.7. The minimum Gasteiger partial charge on any atom is -0.382 e. The van der Waals surface area contributed by atoms with Crippen LogP contribution in [0.4, 0.5) is 5.82 Å². The Balaban J connectivity index is 1.55. The Labute approximate surface area is 181 Å². The number of amides is 1. The molecule has 1 unspecified atom stereocenters. The number of nitrogens with zero attached hydrogens (tertiary/aromatic N) is 2. The zero-order chi connectivity index (χ0) is 20.9. The predicted octanol–water partition coefficient (Wildman–Crippen LogP) is 4.65. The van der Waals surface area contributed by atoms with E-state index in [-0.39, 0.29) is 11.9 Å². The van der Waals surface area contributed by atoms with Crippen LogP contribution in [-0.2, 0) is 11.2 Å². The predicted molar refractivity (Wildman–Crippen MR) is 121 cm³/mol. The number of fused-ring (bicyclic) bond motifs is 2. The van der Waals surface area contributed by atoms with Crippen molar-refractivity contribution in [1.82, 2.24) is 15.3 Å². The number of aromatic nitrogens is 2. The molecule has 0 bridgehead atoms. The standard InChI is InChI=1S/C23H28N4O2S/c1-3-29-13-7-12-24-22(28)20-15(2)19-21(25-14-26-23(19)30-20)27-18-11-6-9-16-8-4-5-10-17(16)18/h4-5,8,10,14,18H,3,6-7,9,11-13H2,1-2H3,(H,24,28)(H,25,26,27). The van der Waals surface area contributed by atoms with Crippen molar-refractivity contribution in [2.45, 2.75) is 45.6 Å². The first kappa shape index (κ1) is 20.8. The lowest BCUT2D eigenvalue weighted by atomic mass is 9.87. The summed E-state index contributed by atoms with van der Waals surface area (Å²) in [7, 11) is 0. The number of anilines is 1. The molecule has 2 heterocycles. The molecule has 1 amide bonds. The molecule has 158 valence electrons. The van der Waals surface area contributed by atoms with Crippen LogP contribution in [0.5, 0.6) is 0 Å². The van der Waals surface area contributed by atoms with E-state index >= 15 is 0 Å². The van der Waals surface area contributed by atoms with Gasteiger partial charge in [-0.3, -0.25) is 4.79 Å². The van der Waals surface area contributed by atoms with Crippen LogP contribution in [0.3, 0.4) is 0 Å². The van der Waals surface area contributed by atoms with Gasteiger partial charge in [-0.05, 0) is 56.2 Å². The summed E-state index contributed by atoms with van der Waals surface area (Å²) in [6.07, 6.45) is 5.73. The smallest absolute Gasteiger partial charge is 0.261 e. The fourth-order valence-corrected chi connectivity index (χ4v) is 5.13. The molecule has 0 aliphatic heterocycles. The van der Waals surface area contributed by atoms with Crippen molar-refractivity contribution in [3.8, 4) is 0 Å². The summed E-state index contributed by atoms with van der Waals surface area (Å²) < 4.78 is 5.33. The number of rotatable bonds is 8. The number of ether oxygens (including phenoxy) is 1. The molecule has 1 aliphatic rings. The van der Waals surface area contributed by atoms with Crippen molar-refractivity contribution in [1.29, 1.82) is 0 Å². The van der Waals surface area contributed by atoms with E-state index in [0.29, 0.717) is 24.6 Å². The monoisotopic (exact) mass is 424 g/mol. The van der Waals surface area contributed by atoms with E-state index in [4.69, 9.17) is 4.74 Å². The molecule has 2 aromatic heterocycles. The molecule has 2 N–H and O–H groups in total. The summed E-state index contributed by atoms with van der Waals surface area (Å²) in [5, 5.41) is 7.59. The molecule has 0 spiro atoms. The zero-order valence-electron chi connectivity index (χ0n) is 17.5. The summed E-state index contributed by atoms with van der Waals surface area (Å²) in [6, 6.07) is 8.84. The summed E-state index contributed by atoms with van der Waals surface area (Å²) in [5.41, 5.74) is 3.68. The number of carbonyl (C=O) groups is 1. The van der Waals surface area contributed by atoms with Crippen LogP contribution in [0.25, 0.3) is 10.2 Å². The maximum atomic E-state index is 12.7. The fraction of sp³-hybridized carbons (Fsp3) is 0.435. The van der Waals surface area contributed by atoms with Crippen LogP contribution < -0.4 is 10.6 Å². The topological polar surface area (TPSA) is 76.1 Å². The second-order valence-electron chi connectivity index (χ2n) is 7.55. The third-order valence-corrected chi connectivity index (χ3v) is 6.77. The quantitative estimate of drug-likeness (QED) is 0.515. The second-order valence-corrected chi connectivity index (χ2v) is 8.55. The molecule has 0 saturated heterocycles. The highest BCUT2D eigenvalue weighted by molar-refractivity contribution is 7.20. The van der Waals surface area contributed by atoms with Gasteiger partial charge in [-0.25, -0.2) is 9.97 Å². The highest BCUT2D eigenvalue weighted by atomic mass is 32.1. The van der Waals surface area contributed by atoms with Gasteiger partial charge in [0.1, 0.15) is 17.0 Å². The maximum Gasteiger partial charge on any atom is 0.261 e. The van der Waals surface area contributed by atoms with Gasteiger partial charge in [0, 0.05) is 19.8 Å². The van der Waals surface area contributed by atoms with Crippen molar-refractivity contribution in [3.63, 3.8) is 0 Å². The molecular formula is C23H28N4O2S. The van der Waals surface area contributed by atoms with Gasteiger partial charge < -0.3 is 15.4 Å². The third-order valence-electron chi connectivity index (χ3n) is 5.57. The van der Waals surface area contributed by atoms with Gasteiger partial charge >= 0.3 is 0 Å². The van der Waals surface area contributed by atoms with Gasteiger partial charge in [0.15, 0.2) is 0 Å². The molecule has 1 atom stereocenters. The molecule has 30 heavy (non-hydrogen) atoms. The molecular weight excluding hydrogens is 396 g/mol. The van der Waals surface area contributed by atoms with Crippen molar-refractivity contribution in [3.05, 3.63) is 52.2 Å². The molecule has 1 aliphatic carbocycles. The molecule has 1 aromatic carbocycles. The van der Waals surface area contributed by atoms with Gasteiger partial charge in [-0.1, -0.05) is 24.3 Å². The van der Waals surface area contributed by atoms with E-state index in [1.807, 2.05) is 13.8 Å². The van der Waals surface area contributed by atoms with Crippen molar-refractivity contribution in [2.24, 2.45) is 0 Å². The zero-order valence-corrected chi connectivity index (χ0v) is 18.3. The van der Waals surface area contributed by atoms with Crippen LogP contribution in [-0.4, -0.2) is 35.6 Å². The average molecular weight is 425 g/mol. The Hall–Kier alpha value is -2.51. The van der Waals surface area contributed by atoms with Crippen LogP contribution >= 0.6 is 11.3 Å². The lowest BCUT2D eigenvalue weighted by Gasteiger charge is -2.27. The van der Waals surface area contributed by atoms with Gasteiger partial charge in [0.05, 0.1) is 16.3 Å². The molecule has 0 radical (unpaired) electrons. The fourth-order valence-electron chi connectivity index (χ4n) is 4.07. The van der Waals surface area contributed by atoms with Gasteiger partial charge in [-0.15, -0.1) is 11.3 Å². The molecule has 7 heteroatoms. The molecule has 4 rings (SSSR count). The number of aryl methyl sites for hydroxylation is 2. The molecule has 3 aromatic rings. The second kappa shape index (κ2) is 9.53. The van der Waals surface area contributed by atoms with Gasteiger partial charge in [-0.2, -0.15) is 0 Å². The van der Waals surface area contributed by atoms with E-state index < -0.39 is 0 Å². The summed E-state index contributed by atoms with van der Waals surface area (Å²) in [4.78, 5) is 23.2. The van der Waals surface area contributed by atoms with Crippen molar-refractivity contribution >= 4 is 33.3 Å². The third kappa shape index (κ3) is 4.32. The first-order chi connectivity index (χ1) is 14.7. The minimum absolute atomic E-state index is 0.0547. The minimum atomic E-state index is -0.0547. The van der Waals surface area contributed by atoms with E-state index in [9.17, 15) is 4.79 Å². The lowest BCUT2D eigenvalue weighted by molar-refractivity contribution is 0.0948. The summed E-state index contributed by atoms with van der Waals surface area (Å²) in [5.74, 6) is 0.756. The Morgan fingerprint density at radius 2 is 2.17 bits per heavy atom. The number of thiophene rings is 1. The Kier molecular flexibility index (Phi) is 6.59. The Morgan fingerprint density at radius 1 is 1.30 bits per heavy atom. The lowest BCUT2D eigenvalue weighted by Crippen LogP contribution is -2.25. The number of hydrogen-bond acceptors (Lipinski definition) is 6. The number of carbonyl (C=O) groups excluding carboxylic acids is 1. The Morgan fingerprint density at radius 3 is 3.03 bits per heavy atom. The first-order valence-electron chi connectivity index (χ1n) is 10.6. The van der Waals surface area contributed by atoms with E-state index in [1.54, 1.807) is 6.33 Å². The SMILES string of the molecule is CCOCCCNC(=O)c1sc2ncnc(NC3CCCc4ccccc43)c2c1C. The average Bonchev–Trinajstić information content (AvgIpc) is 3.11. The number of hydrogen-bond donors (Lipinski definition) is 2. The van der Waals surface area contributed by atoms with E-state index in [2.05, 4.69) is 44.9 Å². The highest BCUT2D eigenvalue weighted by Crippen LogP contribution is 2.37. The molecule has 0 fully saturated rings. The van der Waals surface area contributed by atoms with Crippen molar-refractivity contribution < 1.29 is 9.53 Å². The van der Waals surface area contributed by atoms with Crippen molar-refractivity contribution in [2.75, 3.05) is 25.1 Å². The number of benzene rings is 1. The Bertz CT molecular complexity index is 1030. The van der Waals surface area contributed by atoms with Crippen LogP contribution in [0, 0.1) is 6.92 Å². The van der Waals surface area contributed by atoms with Crippen LogP contribution in [0.1, 0.15) is 58.6 Å². The molecule has 0 saturated carbocycles. The highest BCUT2D eigenvalue weighted by Gasteiger charge is 2.23. The van der Waals surface area contributed by atoms with Gasteiger partial charge in [0.2, 0.25) is 0 Å². The first-order valence-corrected chi connectivity index (χ1v) is 11.4.